The van der Waals surface area contributed by atoms with Gasteiger partial charge in [-0.15, -0.1) is 0 Å². The number of hydrogen-bond acceptors (Lipinski definition) is 3. The minimum atomic E-state index is -0.919. The first-order chi connectivity index (χ1) is 9.37. The Hall–Kier alpha value is -1.88. The minimum Gasteiger partial charge on any atom is -0.323 e. The summed E-state index contributed by atoms with van der Waals surface area (Å²) in [5.41, 5.74) is -0.503. The molecular weight excluding hydrogens is 280 g/mol. The smallest absolute Gasteiger partial charge is 0.323 e. The molecular formula is C14H15ClN2O3. The molecule has 20 heavy (non-hydrogen) atoms. The van der Waals surface area contributed by atoms with Gasteiger partial charge >= 0.3 is 6.03 Å². The lowest BCUT2D eigenvalue weighted by Gasteiger charge is -2.18. The average Bonchev–Trinajstić information content (AvgIpc) is 2.64. The largest absolute Gasteiger partial charge is 0.325 e. The molecule has 1 N–H and O–H groups in total. The van der Waals surface area contributed by atoms with Crippen molar-refractivity contribution in [1.82, 2.24) is 10.2 Å². The van der Waals surface area contributed by atoms with Gasteiger partial charge in [0.05, 0.1) is 6.54 Å². The van der Waals surface area contributed by atoms with Crippen LogP contribution in [0.25, 0.3) is 0 Å². The van der Waals surface area contributed by atoms with E-state index >= 15 is 0 Å². The monoisotopic (exact) mass is 294 g/mol. The highest BCUT2D eigenvalue weighted by Gasteiger charge is 2.46. The van der Waals surface area contributed by atoms with Crippen molar-refractivity contribution in [3.63, 3.8) is 0 Å². The van der Waals surface area contributed by atoms with Crippen LogP contribution < -0.4 is 5.32 Å². The molecule has 2 rings (SSSR count). The Kier molecular flexibility index (Phi) is 3.81. The van der Waals surface area contributed by atoms with Gasteiger partial charge in [0.25, 0.3) is 5.91 Å². The number of hydrogen-bond donors (Lipinski definition) is 1. The molecule has 1 aliphatic heterocycles. The van der Waals surface area contributed by atoms with Crippen LogP contribution in [-0.2, 0) is 4.79 Å². The fraction of sp³-hybridized carbons (Fsp3) is 0.357. The molecule has 1 unspecified atom stereocenters. The van der Waals surface area contributed by atoms with Crippen LogP contribution in [-0.4, -0.2) is 34.7 Å². The maximum atomic E-state index is 12.2. The molecule has 1 aromatic carbocycles. The van der Waals surface area contributed by atoms with Crippen LogP contribution in [0.3, 0.4) is 0 Å². The fourth-order valence-corrected chi connectivity index (χ4v) is 2.13. The Morgan fingerprint density at radius 1 is 1.30 bits per heavy atom. The number of ketones is 1. The minimum absolute atomic E-state index is 0.262. The molecule has 1 aliphatic rings. The van der Waals surface area contributed by atoms with Gasteiger partial charge in [-0.25, -0.2) is 4.79 Å². The van der Waals surface area contributed by atoms with E-state index in [0.29, 0.717) is 17.0 Å². The summed E-state index contributed by atoms with van der Waals surface area (Å²) < 4.78 is 0. The number of halogens is 1. The number of nitrogens with zero attached hydrogens (tertiary/aromatic N) is 1. The zero-order chi connectivity index (χ0) is 14.9. The van der Waals surface area contributed by atoms with E-state index in [-0.39, 0.29) is 18.2 Å². The van der Waals surface area contributed by atoms with E-state index in [4.69, 9.17) is 11.6 Å². The van der Waals surface area contributed by atoms with Gasteiger partial charge in [-0.3, -0.25) is 14.5 Å². The molecule has 0 aromatic heterocycles. The van der Waals surface area contributed by atoms with E-state index in [9.17, 15) is 14.4 Å². The molecule has 0 aliphatic carbocycles. The van der Waals surface area contributed by atoms with Crippen molar-refractivity contribution in [2.45, 2.75) is 25.8 Å². The van der Waals surface area contributed by atoms with Gasteiger partial charge in [0.15, 0.2) is 5.78 Å². The summed E-state index contributed by atoms with van der Waals surface area (Å²) in [6, 6.07) is 5.81. The summed E-state index contributed by atoms with van der Waals surface area (Å²) in [6.45, 7) is 3.20. The Balaban J connectivity index is 2.14. The number of Topliss-reactive ketones (excluding diaryl/α,β-unsaturated/α-hetero) is 1. The maximum absolute atomic E-state index is 12.2. The Labute approximate surface area is 121 Å². The average molecular weight is 295 g/mol. The number of nitrogens with one attached hydrogen (secondary N) is 1. The van der Waals surface area contributed by atoms with Crippen molar-refractivity contribution >= 4 is 29.3 Å². The third-order valence-electron chi connectivity index (χ3n) is 3.52. The number of carbonyl (C=O) groups is 3. The number of imide groups is 1. The quantitative estimate of drug-likeness (QED) is 0.684. The van der Waals surface area contributed by atoms with Gasteiger partial charge in [0.2, 0.25) is 0 Å². The van der Waals surface area contributed by atoms with Crippen LogP contribution >= 0.6 is 11.6 Å². The normalized spacial score (nSPS) is 22.1. The summed E-state index contributed by atoms with van der Waals surface area (Å²) in [4.78, 5) is 37.0. The topological polar surface area (TPSA) is 66.5 Å². The van der Waals surface area contributed by atoms with E-state index in [0.717, 1.165) is 4.90 Å². The number of rotatable bonds is 4. The first-order valence-electron chi connectivity index (χ1n) is 6.30. The van der Waals surface area contributed by atoms with Gasteiger partial charge < -0.3 is 5.32 Å². The molecule has 106 valence electrons. The second-order valence-electron chi connectivity index (χ2n) is 4.94. The number of carbonyl (C=O) groups excluding carboxylic acids is 3. The lowest BCUT2D eigenvalue weighted by atomic mass is 9.99. The summed E-state index contributed by atoms with van der Waals surface area (Å²) in [5.74, 6) is -0.669. The molecule has 0 radical (unpaired) electrons. The molecule has 5 nitrogen and oxygen atoms in total. The first-order valence-corrected chi connectivity index (χ1v) is 6.68. The molecule has 0 spiro atoms. The number of amides is 3. The Morgan fingerprint density at radius 3 is 2.40 bits per heavy atom. The zero-order valence-corrected chi connectivity index (χ0v) is 12.0. The van der Waals surface area contributed by atoms with Gasteiger partial charge in [-0.2, -0.15) is 0 Å². The van der Waals surface area contributed by atoms with Crippen molar-refractivity contribution < 1.29 is 14.4 Å². The van der Waals surface area contributed by atoms with Crippen LogP contribution in [0.4, 0.5) is 4.79 Å². The van der Waals surface area contributed by atoms with Crippen LogP contribution in [0.2, 0.25) is 5.02 Å². The molecule has 1 fully saturated rings. The van der Waals surface area contributed by atoms with E-state index in [2.05, 4.69) is 5.32 Å². The molecule has 0 saturated carbocycles. The van der Waals surface area contributed by atoms with Crippen LogP contribution in [0.5, 0.6) is 0 Å². The van der Waals surface area contributed by atoms with Gasteiger partial charge in [0, 0.05) is 10.6 Å². The Bertz CT molecular complexity index is 570. The van der Waals surface area contributed by atoms with E-state index in [1.807, 2.05) is 6.92 Å². The third kappa shape index (κ3) is 2.54. The van der Waals surface area contributed by atoms with Crippen LogP contribution in [0, 0.1) is 0 Å². The van der Waals surface area contributed by atoms with Crippen molar-refractivity contribution in [3.05, 3.63) is 34.9 Å². The van der Waals surface area contributed by atoms with Gasteiger partial charge in [-0.05, 0) is 37.6 Å². The Morgan fingerprint density at radius 2 is 1.90 bits per heavy atom. The summed E-state index contributed by atoms with van der Waals surface area (Å²) in [5, 5.41) is 3.13. The fourth-order valence-electron chi connectivity index (χ4n) is 2.00. The van der Waals surface area contributed by atoms with Crippen LogP contribution in [0.1, 0.15) is 30.6 Å². The lowest BCUT2D eigenvalue weighted by molar-refractivity contribution is -0.130. The van der Waals surface area contributed by atoms with E-state index < -0.39 is 11.6 Å². The lowest BCUT2D eigenvalue weighted by Crippen LogP contribution is -2.43. The van der Waals surface area contributed by atoms with Gasteiger partial charge in [-0.1, -0.05) is 18.5 Å². The third-order valence-corrected chi connectivity index (χ3v) is 3.77. The molecule has 3 amide bonds. The molecule has 1 atom stereocenters. The summed E-state index contributed by atoms with van der Waals surface area (Å²) >= 11 is 5.75. The molecule has 6 heteroatoms. The molecule has 0 bridgehead atoms. The van der Waals surface area contributed by atoms with Crippen molar-refractivity contribution in [1.29, 1.82) is 0 Å². The highest BCUT2D eigenvalue weighted by molar-refractivity contribution is 6.30. The van der Waals surface area contributed by atoms with Crippen molar-refractivity contribution in [2.75, 3.05) is 6.54 Å². The van der Waals surface area contributed by atoms with Crippen molar-refractivity contribution in [3.8, 4) is 0 Å². The van der Waals surface area contributed by atoms with Crippen molar-refractivity contribution in [2.24, 2.45) is 0 Å². The second-order valence-corrected chi connectivity index (χ2v) is 5.37. The van der Waals surface area contributed by atoms with Gasteiger partial charge in [0.1, 0.15) is 5.54 Å². The first kappa shape index (κ1) is 14.5. The standard InChI is InChI=1S/C14H15ClN2O3/c1-3-14(2)12(19)17(13(20)16-14)8-11(18)9-4-6-10(15)7-5-9/h4-7H,3,8H2,1-2H3,(H,16,20). The predicted molar refractivity (Wildman–Crippen MR) is 74.7 cm³/mol. The molecule has 1 aromatic rings. The number of urea groups is 1. The van der Waals surface area contributed by atoms with E-state index in [1.54, 1.807) is 31.2 Å². The molecule has 1 saturated heterocycles. The number of benzene rings is 1. The van der Waals surface area contributed by atoms with E-state index in [1.165, 1.54) is 0 Å². The maximum Gasteiger partial charge on any atom is 0.325 e. The highest BCUT2D eigenvalue weighted by atomic mass is 35.5. The second kappa shape index (κ2) is 5.25. The zero-order valence-electron chi connectivity index (χ0n) is 11.3. The van der Waals surface area contributed by atoms with Crippen LogP contribution in [0.15, 0.2) is 24.3 Å². The predicted octanol–water partition coefficient (Wildman–Crippen LogP) is 2.24. The SMILES string of the molecule is CCC1(C)NC(=O)N(CC(=O)c2ccc(Cl)cc2)C1=O. The highest BCUT2D eigenvalue weighted by Crippen LogP contribution is 2.21. The summed E-state index contributed by atoms with van der Waals surface area (Å²) in [7, 11) is 0. The summed E-state index contributed by atoms with van der Waals surface area (Å²) in [6.07, 6.45) is 0.475. The molecule has 1 heterocycles.